The number of rotatable bonds is 2. The van der Waals surface area contributed by atoms with Gasteiger partial charge in [-0.15, -0.1) is 0 Å². The molecule has 1 aromatic rings. The molecule has 3 aliphatic rings. The Morgan fingerprint density at radius 1 is 1.23 bits per heavy atom. The summed E-state index contributed by atoms with van der Waals surface area (Å²) in [6.45, 7) is 5.04. The van der Waals surface area contributed by atoms with E-state index in [-0.39, 0.29) is 17.5 Å². The maximum atomic E-state index is 13.5. The smallest absolute Gasteiger partial charge is 0.320 e. The predicted molar refractivity (Wildman–Crippen MR) is 109 cm³/mol. The first-order valence-electron chi connectivity index (χ1n) is 10.2. The molecule has 3 amide bonds. The van der Waals surface area contributed by atoms with E-state index in [0.717, 1.165) is 12.0 Å². The Balaban J connectivity index is 1.68. The summed E-state index contributed by atoms with van der Waals surface area (Å²) in [4.78, 5) is 29.1. The summed E-state index contributed by atoms with van der Waals surface area (Å²) in [5.74, 6) is -0.0481. The van der Waals surface area contributed by atoms with Crippen LogP contribution in [-0.4, -0.2) is 65.9 Å². The van der Waals surface area contributed by atoms with Crippen LogP contribution < -0.4 is 10.2 Å². The van der Waals surface area contributed by atoms with E-state index < -0.39 is 5.91 Å². The van der Waals surface area contributed by atoms with E-state index in [2.05, 4.69) is 19.1 Å². The van der Waals surface area contributed by atoms with Crippen molar-refractivity contribution in [1.29, 1.82) is 0 Å². The second-order valence-corrected chi connectivity index (χ2v) is 8.10. The van der Waals surface area contributed by atoms with Gasteiger partial charge in [0.15, 0.2) is 0 Å². The second-order valence-electron chi connectivity index (χ2n) is 8.10. The summed E-state index contributed by atoms with van der Waals surface area (Å²) in [6.07, 6.45) is 9.09. The molecule has 30 heavy (non-hydrogen) atoms. The number of carbonyl (C=O) groups is 2. The molecule has 0 spiro atoms. The zero-order chi connectivity index (χ0) is 21.1. The number of morpholine rings is 1. The molecule has 1 fully saturated rings. The maximum absolute atomic E-state index is 13.5. The molecule has 1 saturated heterocycles. The molecule has 0 bridgehead atoms. The minimum absolute atomic E-state index is 0.0268. The number of benzene rings is 1. The van der Waals surface area contributed by atoms with Gasteiger partial charge >= 0.3 is 6.03 Å². The van der Waals surface area contributed by atoms with Gasteiger partial charge in [-0.1, -0.05) is 37.3 Å². The molecule has 2 atom stereocenters. The van der Waals surface area contributed by atoms with Crippen LogP contribution >= 0.6 is 0 Å². The molecule has 1 aromatic carbocycles. The van der Waals surface area contributed by atoms with Crippen LogP contribution in [0.3, 0.4) is 0 Å². The molecule has 2 heterocycles. The van der Waals surface area contributed by atoms with Crippen molar-refractivity contribution in [3.63, 3.8) is 0 Å². The molecule has 8 heteroatoms. The monoisotopic (exact) mass is 413 g/mol. The lowest BCUT2D eigenvalue weighted by Crippen LogP contribution is -2.56. The van der Waals surface area contributed by atoms with Crippen LogP contribution in [0.25, 0.3) is 0 Å². The third kappa shape index (κ3) is 3.93. The molecular formula is C22H27N3O5. The Morgan fingerprint density at radius 3 is 2.73 bits per heavy atom. The van der Waals surface area contributed by atoms with Crippen molar-refractivity contribution in [3.05, 3.63) is 53.6 Å². The molecule has 160 valence electrons. The van der Waals surface area contributed by atoms with Crippen molar-refractivity contribution < 1.29 is 24.3 Å². The minimum Gasteiger partial charge on any atom is -0.491 e. The van der Waals surface area contributed by atoms with Crippen LogP contribution in [0.15, 0.2) is 42.5 Å². The van der Waals surface area contributed by atoms with Gasteiger partial charge in [0.2, 0.25) is 0 Å². The van der Waals surface area contributed by atoms with Crippen molar-refractivity contribution in [2.24, 2.45) is 5.41 Å². The third-order valence-corrected chi connectivity index (χ3v) is 6.11. The van der Waals surface area contributed by atoms with Crippen LogP contribution in [0.4, 0.5) is 4.79 Å². The fourth-order valence-corrected chi connectivity index (χ4v) is 4.25. The Kier molecular flexibility index (Phi) is 5.78. The van der Waals surface area contributed by atoms with E-state index in [1.54, 1.807) is 23.7 Å². The average molecular weight is 413 g/mol. The van der Waals surface area contributed by atoms with Gasteiger partial charge in [0.05, 0.1) is 25.8 Å². The first-order valence-corrected chi connectivity index (χ1v) is 10.2. The highest BCUT2D eigenvalue weighted by atomic mass is 16.5. The SMILES string of the molecule is CC1([C@H]2COc3cc(C(=O)NO)ccc3CN2C(=O)N2CCOCC2)C=CC=CC1. The lowest BCUT2D eigenvalue weighted by atomic mass is 9.76. The lowest BCUT2D eigenvalue weighted by molar-refractivity contribution is 0.0251. The first-order chi connectivity index (χ1) is 14.5. The fraction of sp³-hybridized carbons (Fsp3) is 0.455. The van der Waals surface area contributed by atoms with Crippen molar-refractivity contribution >= 4 is 11.9 Å². The van der Waals surface area contributed by atoms with Crippen molar-refractivity contribution in [1.82, 2.24) is 15.3 Å². The van der Waals surface area contributed by atoms with Gasteiger partial charge in [0, 0.05) is 29.6 Å². The molecule has 2 N–H and O–H groups in total. The summed E-state index contributed by atoms with van der Waals surface area (Å²) in [5, 5.41) is 8.93. The molecule has 0 aromatic heterocycles. The van der Waals surface area contributed by atoms with Gasteiger partial charge in [-0.25, -0.2) is 10.3 Å². The fourth-order valence-electron chi connectivity index (χ4n) is 4.25. The van der Waals surface area contributed by atoms with Crippen LogP contribution in [0, 0.1) is 5.41 Å². The minimum atomic E-state index is -0.601. The van der Waals surface area contributed by atoms with Crippen LogP contribution in [0.5, 0.6) is 5.75 Å². The van der Waals surface area contributed by atoms with Gasteiger partial charge in [0.25, 0.3) is 5.91 Å². The van der Waals surface area contributed by atoms with E-state index in [1.807, 2.05) is 22.0 Å². The lowest BCUT2D eigenvalue weighted by Gasteiger charge is -2.43. The van der Waals surface area contributed by atoms with Crippen molar-refractivity contribution in [3.8, 4) is 5.75 Å². The number of hydrogen-bond donors (Lipinski definition) is 2. The largest absolute Gasteiger partial charge is 0.491 e. The molecule has 2 aliphatic heterocycles. The summed E-state index contributed by atoms with van der Waals surface area (Å²) in [7, 11) is 0. The standard InChI is InChI=1S/C22H27N3O5/c1-22(7-3-2-4-8-22)19-15-30-18-13-16(20(26)23-28)5-6-17(18)14-25(19)21(27)24-9-11-29-12-10-24/h2-7,13,19,28H,8-12,14-15H2,1H3,(H,23,26)/t19-,22?/m1/s1. The van der Waals surface area contributed by atoms with Gasteiger partial charge in [-0.05, 0) is 18.6 Å². The van der Waals surface area contributed by atoms with Crippen LogP contribution in [0.2, 0.25) is 0 Å². The third-order valence-electron chi connectivity index (χ3n) is 6.11. The number of amides is 3. The number of urea groups is 1. The molecule has 1 unspecified atom stereocenters. The Bertz CT molecular complexity index is 878. The number of hydrogen-bond acceptors (Lipinski definition) is 5. The highest BCUT2D eigenvalue weighted by Gasteiger charge is 2.42. The topological polar surface area (TPSA) is 91.3 Å². The van der Waals surface area contributed by atoms with E-state index in [1.165, 1.54) is 0 Å². The second kappa shape index (κ2) is 8.49. The van der Waals surface area contributed by atoms with E-state index in [9.17, 15) is 9.59 Å². The molecule has 8 nitrogen and oxygen atoms in total. The van der Waals surface area contributed by atoms with Crippen molar-refractivity contribution in [2.75, 3.05) is 32.9 Å². The summed E-state index contributed by atoms with van der Waals surface area (Å²) >= 11 is 0. The van der Waals surface area contributed by atoms with Crippen molar-refractivity contribution in [2.45, 2.75) is 25.9 Å². The Labute approximate surface area is 175 Å². The number of carbonyl (C=O) groups excluding carboxylic acids is 2. The Morgan fingerprint density at radius 2 is 2.03 bits per heavy atom. The number of nitrogens with one attached hydrogen (secondary N) is 1. The van der Waals surface area contributed by atoms with Gasteiger partial charge < -0.3 is 19.3 Å². The normalized spacial score (nSPS) is 25.9. The van der Waals surface area contributed by atoms with Crippen LogP contribution in [0.1, 0.15) is 29.3 Å². The maximum Gasteiger partial charge on any atom is 0.320 e. The zero-order valence-electron chi connectivity index (χ0n) is 17.0. The quantitative estimate of drug-likeness (QED) is 0.574. The predicted octanol–water partition coefficient (Wildman–Crippen LogP) is 2.34. The number of fused-ring (bicyclic) bond motifs is 1. The van der Waals surface area contributed by atoms with E-state index >= 15 is 0 Å². The molecular weight excluding hydrogens is 386 g/mol. The first kappa shape index (κ1) is 20.4. The Hall–Kier alpha value is -2.84. The van der Waals surface area contributed by atoms with E-state index in [0.29, 0.717) is 50.8 Å². The zero-order valence-corrected chi connectivity index (χ0v) is 17.0. The number of nitrogens with zero attached hydrogens (tertiary/aromatic N) is 2. The molecule has 0 saturated carbocycles. The number of hydroxylamine groups is 1. The van der Waals surface area contributed by atoms with Gasteiger partial charge in [0.1, 0.15) is 12.4 Å². The number of allylic oxidation sites excluding steroid dienone is 3. The number of ether oxygens (including phenoxy) is 2. The summed E-state index contributed by atoms with van der Waals surface area (Å²) in [6, 6.07) is 4.80. The van der Waals surface area contributed by atoms with E-state index in [4.69, 9.17) is 14.7 Å². The molecule has 4 rings (SSSR count). The van der Waals surface area contributed by atoms with Gasteiger partial charge in [-0.2, -0.15) is 0 Å². The summed E-state index contributed by atoms with van der Waals surface area (Å²) < 4.78 is 11.5. The van der Waals surface area contributed by atoms with Gasteiger partial charge in [-0.3, -0.25) is 10.0 Å². The average Bonchev–Trinajstić information content (AvgIpc) is 2.98. The highest BCUT2D eigenvalue weighted by molar-refractivity contribution is 5.93. The highest BCUT2D eigenvalue weighted by Crippen LogP contribution is 2.38. The molecule has 0 radical (unpaired) electrons. The summed E-state index contributed by atoms with van der Waals surface area (Å²) in [5.41, 5.74) is 2.50. The molecule has 1 aliphatic carbocycles. The van der Waals surface area contributed by atoms with Crippen LogP contribution in [-0.2, 0) is 11.3 Å².